The number of rotatable bonds is 1. The summed E-state index contributed by atoms with van der Waals surface area (Å²) < 4.78 is 0. The Bertz CT molecular complexity index is 280. The van der Waals surface area contributed by atoms with E-state index in [4.69, 9.17) is 0 Å². The number of hydrogen-bond donors (Lipinski definition) is 0. The molecule has 0 saturated heterocycles. The summed E-state index contributed by atoms with van der Waals surface area (Å²) in [5.74, 6) is 0.553. The van der Waals surface area contributed by atoms with Crippen molar-refractivity contribution in [1.82, 2.24) is 0 Å². The zero-order chi connectivity index (χ0) is 9.47. The SMILES string of the molecule is C[C@@]12C=CC(=O)C[C@@H]1[C@@H](C=O)CC2. The van der Waals surface area contributed by atoms with Crippen molar-refractivity contribution >= 4 is 12.1 Å². The van der Waals surface area contributed by atoms with Crippen LogP contribution in [0.3, 0.4) is 0 Å². The third kappa shape index (κ3) is 1.25. The van der Waals surface area contributed by atoms with Crippen LogP contribution in [0.5, 0.6) is 0 Å². The fraction of sp³-hybridized carbons (Fsp3) is 0.636. The maximum absolute atomic E-state index is 11.2. The quantitative estimate of drug-likeness (QED) is 0.573. The van der Waals surface area contributed by atoms with Crippen LogP contribution in [0, 0.1) is 17.3 Å². The molecule has 1 saturated carbocycles. The van der Waals surface area contributed by atoms with Gasteiger partial charge in [-0.2, -0.15) is 0 Å². The predicted molar refractivity (Wildman–Crippen MR) is 49.1 cm³/mol. The van der Waals surface area contributed by atoms with Gasteiger partial charge in [0.2, 0.25) is 0 Å². The minimum absolute atomic E-state index is 0.110. The van der Waals surface area contributed by atoms with Crippen molar-refractivity contribution < 1.29 is 9.59 Å². The average Bonchev–Trinajstić information content (AvgIpc) is 2.43. The smallest absolute Gasteiger partial charge is 0.155 e. The summed E-state index contributed by atoms with van der Waals surface area (Å²) >= 11 is 0. The average molecular weight is 178 g/mol. The summed E-state index contributed by atoms with van der Waals surface area (Å²) in [4.78, 5) is 22.0. The number of fused-ring (bicyclic) bond motifs is 1. The van der Waals surface area contributed by atoms with Crippen LogP contribution in [0.15, 0.2) is 12.2 Å². The molecular formula is C11H14O2. The van der Waals surface area contributed by atoms with Gasteiger partial charge < -0.3 is 4.79 Å². The van der Waals surface area contributed by atoms with E-state index < -0.39 is 0 Å². The Morgan fingerprint density at radius 3 is 3.08 bits per heavy atom. The van der Waals surface area contributed by atoms with E-state index in [1.54, 1.807) is 6.08 Å². The Kier molecular flexibility index (Phi) is 1.86. The number of hydrogen-bond acceptors (Lipinski definition) is 2. The molecule has 2 nitrogen and oxygen atoms in total. The number of aldehydes is 1. The van der Waals surface area contributed by atoms with Gasteiger partial charge in [0.15, 0.2) is 5.78 Å². The van der Waals surface area contributed by atoms with Crippen LogP contribution in [-0.4, -0.2) is 12.1 Å². The lowest BCUT2D eigenvalue weighted by molar-refractivity contribution is -0.118. The lowest BCUT2D eigenvalue weighted by Gasteiger charge is -2.32. The zero-order valence-electron chi connectivity index (χ0n) is 7.82. The molecule has 0 radical (unpaired) electrons. The van der Waals surface area contributed by atoms with Gasteiger partial charge in [0, 0.05) is 12.3 Å². The lowest BCUT2D eigenvalue weighted by atomic mass is 9.71. The van der Waals surface area contributed by atoms with Crippen LogP contribution in [0.1, 0.15) is 26.2 Å². The molecular weight excluding hydrogens is 164 g/mol. The lowest BCUT2D eigenvalue weighted by Crippen LogP contribution is -2.29. The summed E-state index contributed by atoms with van der Waals surface area (Å²) in [7, 11) is 0. The van der Waals surface area contributed by atoms with E-state index in [1.807, 2.05) is 6.08 Å². The first kappa shape index (κ1) is 8.67. The van der Waals surface area contributed by atoms with Crippen LogP contribution in [-0.2, 0) is 9.59 Å². The molecule has 0 spiro atoms. The third-order valence-electron chi connectivity index (χ3n) is 3.63. The Balaban J connectivity index is 2.30. The molecule has 2 aliphatic carbocycles. The van der Waals surface area contributed by atoms with Crippen molar-refractivity contribution in [2.45, 2.75) is 26.2 Å². The van der Waals surface area contributed by atoms with Gasteiger partial charge in [-0.1, -0.05) is 13.0 Å². The molecule has 0 N–H and O–H groups in total. The second kappa shape index (κ2) is 2.79. The van der Waals surface area contributed by atoms with E-state index >= 15 is 0 Å². The predicted octanol–water partition coefficient (Wildman–Crippen LogP) is 1.75. The standard InChI is InChI=1S/C11H14O2/c1-11-4-2-8(7-12)10(11)6-9(13)3-5-11/h3,5,7-8,10H,2,4,6H2,1H3/t8-,10-,11-/m1/s1. The first-order valence-electron chi connectivity index (χ1n) is 4.83. The zero-order valence-corrected chi connectivity index (χ0v) is 7.82. The summed E-state index contributed by atoms with van der Waals surface area (Å²) in [6, 6.07) is 0. The second-order valence-electron chi connectivity index (χ2n) is 4.45. The minimum Gasteiger partial charge on any atom is -0.303 e. The number of carbonyl (C=O) groups is 2. The van der Waals surface area contributed by atoms with E-state index in [9.17, 15) is 9.59 Å². The number of carbonyl (C=O) groups excluding carboxylic acids is 2. The maximum atomic E-state index is 11.2. The van der Waals surface area contributed by atoms with Crippen molar-refractivity contribution in [3.05, 3.63) is 12.2 Å². The molecule has 0 heterocycles. The molecule has 2 heteroatoms. The van der Waals surface area contributed by atoms with Gasteiger partial charge in [0.05, 0.1) is 0 Å². The van der Waals surface area contributed by atoms with Crippen LogP contribution in [0.2, 0.25) is 0 Å². The molecule has 0 aromatic rings. The van der Waals surface area contributed by atoms with Gasteiger partial charge in [-0.3, -0.25) is 4.79 Å². The summed E-state index contributed by atoms with van der Waals surface area (Å²) in [6.45, 7) is 2.16. The highest BCUT2D eigenvalue weighted by atomic mass is 16.1. The monoisotopic (exact) mass is 178 g/mol. The van der Waals surface area contributed by atoms with Crippen molar-refractivity contribution in [3.8, 4) is 0 Å². The molecule has 0 unspecified atom stereocenters. The summed E-state index contributed by atoms with van der Waals surface area (Å²) in [5.41, 5.74) is 0.111. The molecule has 0 bridgehead atoms. The van der Waals surface area contributed by atoms with E-state index in [-0.39, 0.29) is 23.0 Å². The molecule has 70 valence electrons. The Morgan fingerprint density at radius 1 is 1.62 bits per heavy atom. The van der Waals surface area contributed by atoms with Crippen LogP contribution in [0.25, 0.3) is 0 Å². The van der Waals surface area contributed by atoms with E-state index in [2.05, 4.69) is 6.92 Å². The summed E-state index contributed by atoms with van der Waals surface area (Å²) in [5, 5.41) is 0. The Labute approximate surface area is 78.0 Å². The fourth-order valence-corrected chi connectivity index (χ4v) is 2.68. The first-order chi connectivity index (χ1) is 6.15. The molecule has 13 heavy (non-hydrogen) atoms. The van der Waals surface area contributed by atoms with Gasteiger partial charge in [-0.05, 0) is 30.3 Å². The third-order valence-corrected chi connectivity index (χ3v) is 3.63. The second-order valence-corrected chi connectivity index (χ2v) is 4.45. The van der Waals surface area contributed by atoms with Crippen molar-refractivity contribution in [3.63, 3.8) is 0 Å². The van der Waals surface area contributed by atoms with E-state index in [0.29, 0.717) is 6.42 Å². The number of ketones is 1. The summed E-state index contributed by atoms with van der Waals surface area (Å²) in [6.07, 6.45) is 7.28. The van der Waals surface area contributed by atoms with Gasteiger partial charge in [-0.15, -0.1) is 0 Å². The fourth-order valence-electron chi connectivity index (χ4n) is 2.68. The van der Waals surface area contributed by atoms with Gasteiger partial charge >= 0.3 is 0 Å². The van der Waals surface area contributed by atoms with Crippen molar-refractivity contribution in [2.24, 2.45) is 17.3 Å². The highest BCUT2D eigenvalue weighted by molar-refractivity contribution is 5.91. The Morgan fingerprint density at radius 2 is 2.38 bits per heavy atom. The minimum atomic E-state index is 0.110. The molecule has 2 rings (SSSR count). The largest absolute Gasteiger partial charge is 0.303 e. The normalized spacial score (nSPS) is 43.3. The van der Waals surface area contributed by atoms with Crippen LogP contribution in [0.4, 0.5) is 0 Å². The molecule has 0 amide bonds. The highest BCUT2D eigenvalue weighted by Crippen LogP contribution is 2.50. The molecule has 0 aromatic heterocycles. The Hall–Kier alpha value is -0.920. The van der Waals surface area contributed by atoms with Crippen LogP contribution < -0.4 is 0 Å². The van der Waals surface area contributed by atoms with E-state index in [1.165, 1.54) is 0 Å². The molecule has 2 aliphatic rings. The highest BCUT2D eigenvalue weighted by Gasteiger charge is 2.45. The maximum Gasteiger partial charge on any atom is 0.155 e. The first-order valence-corrected chi connectivity index (χ1v) is 4.83. The molecule has 1 fully saturated rings. The van der Waals surface area contributed by atoms with Gasteiger partial charge in [-0.25, -0.2) is 0 Å². The molecule has 0 aliphatic heterocycles. The van der Waals surface area contributed by atoms with E-state index in [0.717, 1.165) is 19.1 Å². The molecule has 0 aromatic carbocycles. The molecule has 3 atom stereocenters. The van der Waals surface area contributed by atoms with Crippen molar-refractivity contribution in [2.75, 3.05) is 0 Å². The van der Waals surface area contributed by atoms with Gasteiger partial charge in [0.25, 0.3) is 0 Å². The topological polar surface area (TPSA) is 34.1 Å². The van der Waals surface area contributed by atoms with Gasteiger partial charge in [0.1, 0.15) is 6.29 Å². The van der Waals surface area contributed by atoms with Crippen molar-refractivity contribution in [1.29, 1.82) is 0 Å². The van der Waals surface area contributed by atoms with Crippen LogP contribution >= 0.6 is 0 Å². The number of allylic oxidation sites excluding steroid dienone is 2.